The molecule has 6 nitrogen and oxygen atoms in total. The van der Waals surface area contributed by atoms with Crippen molar-refractivity contribution < 1.29 is 9.59 Å². The number of rotatable bonds is 8. The lowest BCUT2D eigenvalue weighted by atomic mass is 9.85. The van der Waals surface area contributed by atoms with Gasteiger partial charge in [-0.2, -0.15) is 0 Å². The molecule has 0 fully saturated rings. The molecule has 0 saturated heterocycles. The van der Waals surface area contributed by atoms with Crippen LogP contribution in [0.1, 0.15) is 40.6 Å². The molecule has 0 radical (unpaired) electrons. The first kappa shape index (κ1) is 23.8. The van der Waals surface area contributed by atoms with Crippen LogP contribution in [0.4, 0.5) is 5.13 Å². The number of carbonyl (C=O) groups excluding carboxylic acids is 2. The molecule has 8 heteroatoms. The van der Waals surface area contributed by atoms with E-state index in [9.17, 15) is 9.59 Å². The third kappa shape index (κ3) is 5.24. The molecular formula is C26H26N4O2S2. The number of amides is 2. The lowest BCUT2D eigenvalue weighted by Gasteiger charge is -2.22. The minimum absolute atomic E-state index is 0.0142. The highest BCUT2D eigenvalue weighted by atomic mass is 32.1. The third-order valence-corrected chi connectivity index (χ3v) is 7.66. The highest BCUT2D eigenvalue weighted by Crippen LogP contribution is 2.39. The van der Waals surface area contributed by atoms with Crippen LogP contribution in [0, 0.1) is 5.92 Å². The summed E-state index contributed by atoms with van der Waals surface area (Å²) in [4.78, 5) is 29.4. The van der Waals surface area contributed by atoms with Crippen molar-refractivity contribution in [3.63, 3.8) is 0 Å². The minimum Gasteiger partial charge on any atom is -0.342 e. The van der Waals surface area contributed by atoms with Gasteiger partial charge in [0.2, 0.25) is 11.0 Å². The summed E-state index contributed by atoms with van der Waals surface area (Å²) in [5.74, 6) is -0.502. The van der Waals surface area contributed by atoms with E-state index in [0.29, 0.717) is 17.2 Å². The van der Waals surface area contributed by atoms with E-state index in [1.165, 1.54) is 11.3 Å². The average Bonchev–Trinajstić information content (AvgIpc) is 3.56. The molecule has 174 valence electrons. The van der Waals surface area contributed by atoms with E-state index in [0.717, 1.165) is 20.9 Å². The fourth-order valence-electron chi connectivity index (χ4n) is 3.77. The van der Waals surface area contributed by atoms with Crippen molar-refractivity contribution in [1.82, 2.24) is 15.1 Å². The molecule has 2 aromatic heterocycles. The second-order valence-electron chi connectivity index (χ2n) is 8.01. The molecule has 0 aliphatic heterocycles. The van der Waals surface area contributed by atoms with Gasteiger partial charge in [0, 0.05) is 40.7 Å². The summed E-state index contributed by atoms with van der Waals surface area (Å²) in [6.45, 7) is 4.57. The molecule has 0 aliphatic rings. The quantitative estimate of drug-likeness (QED) is 0.340. The van der Waals surface area contributed by atoms with Crippen molar-refractivity contribution in [3.05, 3.63) is 88.2 Å². The number of hydrogen-bond acceptors (Lipinski definition) is 6. The topological polar surface area (TPSA) is 75.2 Å². The molecule has 34 heavy (non-hydrogen) atoms. The van der Waals surface area contributed by atoms with E-state index in [2.05, 4.69) is 39.8 Å². The van der Waals surface area contributed by atoms with Crippen LogP contribution in [0.25, 0.3) is 10.4 Å². The van der Waals surface area contributed by atoms with Gasteiger partial charge >= 0.3 is 0 Å². The number of benzene rings is 2. The van der Waals surface area contributed by atoms with Gasteiger partial charge in [-0.1, -0.05) is 60.7 Å². The van der Waals surface area contributed by atoms with Crippen LogP contribution in [0.2, 0.25) is 0 Å². The number of nitrogens with one attached hydrogen (secondary N) is 1. The predicted molar refractivity (Wildman–Crippen MR) is 138 cm³/mol. The van der Waals surface area contributed by atoms with Crippen molar-refractivity contribution in [2.45, 2.75) is 19.8 Å². The number of anilines is 1. The van der Waals surface area contributed by atoms with Crippen LogP contribution in [0.5, 0.6) is 0 Å². The highest BCUT2D eigenvalue weighted by Gasteiger charge is 2.29. The SMILES string of the molecule is CCN(C)C(=O)c1ccc(-c2ccc([C@H](c3ccccc3)[C@H](C)C(=O)Nc3nncs3)s2)cc1. The Bertz CT molecular complexity index is 1240. The molecule has 2 amide bonds. The standard InChI is InChI=1S/C26H26N4O2S2/c1-4-30(3)25(32)20-12-10-18(11-13-20)21-14-15-22(34-21)23(19-8-6-5-7-9-19)17(2)24(31)28-26-29-27-16-33-26/h5-17,23H,4H2,1-3H3,(H,28,29,31)/t17-,23-/m0/s1. The van der Waals surface area contributed by atoms with E-state index in [1.807, 2.05) is 56.3 Å². The monoisotopic (exact) mass is 490 g/mol. The van der Waals surface area contributed by atoms with Crippen LogP contribution in [0.15, 0.2) is 72.2 Å². The first-order valence-corrected chi connectivity index (χ1v) is 12.7. The van der Waals surface area contributed by atoms with Gasteiger partial charge in [0.1, 0.15) is 5.51 Å². The maximum absolute atomic E-state index is 13.1. The molecule has 2 aromatic carbocycles. The molecule has 0 spiro atoms. The molecule has 0 bridgehead atoms. The Morgan fingerprint density at radius 3 is 2.41 bits per heavy atom. The highest BCUT2D eigenvalue weighted by molar-refractivity contribution is 7.15. The van der Waals surface area contributed by atoms with Crippen LogP contribution >= 0.6 is 22.7 Å². The third-order valence-electron chi connectivity index (χ3n) is 5.83. The Morgan fingerprint density at radius 2 is 1.76 bits per heavy atom. The maximum atomic E-state index is 13.1. The van der Waals surface area contributed by atoms with Gasteiger partial charge in [0.15, 0.2) is 0 Å². The molecule has 1 N–H and O–H groups in total. The lowest BCUT2D eigenvalue weighted by Crippen LogP contribution is -2.26. The minimum atomic E-state index is -0.317. The van der Waals surface area contributed by atoms with Crippen LogP contribution < -0.4 is 5.32 Å². The van der Waals surface area contributed by atoms with Crippen molar-refractivity contribution >= 4 is 39.6 Å². The number of carbonyl (C=O) groups is 2. The zero-order valence-electron chi connectivity index (χ0n) is 19.3. The van der Waals surface area contributed by atoms with Gasteiger partial charge in [-0.15, -0.1) is 21.5 Å². The average molecular weight is 491 g/mol. The molecule has 4 aromatic rings. The normalized spacial score (nSPS) is 12.7. The number of hydrogen-bond donors (Lipinski definition) is 1. The molecule has 4 rings (SSSR count). The largest absolute Gasteiger partial charge is 0.342 e. The maximum Gasteiger partial charge on any atom is 0.253 e. The summed E-state index contributed by atoms with van der Waals surface area (Å²) in [7, 11) is 1.80. The van der Waals surface area contributed by atoms with E-state index in [4.69, 9.17) is 0 Å². The second kappa shape index (κ2) is 10.7. The van der Waals surface area contributed by atoms with Crippen molar-refractivity contribution in [2.75, 3.05) is 18.9 Å². The molecule has 0 unspecified atom stereocenters. The first-order valence-electron chi connectivity index (χ1n) is 11.1. The molecular weight excluding hydrogens is 464 g/mol. The van der Waals surface area contributed by atoms with Gasteiger partial charge in [-0.25, -0.2) is 0 Å². The Labute approximate surface area is 207 Å². The number of aromatic nitrogens is 2. The summed E-state index contributed by atoms with van der Waals surface area (Å²) in [6, 6.07) is 22.0. The van der Waals surface area contributed by atoms with E-state index in [-0.39, 0.29) is 23.7 Å². The Balaban J connectivity index is 1.61. The lowest BCUT2D eigenvalue weighted by molar-refractivity contribution is -0.119. The fourth-order valence-corrected chi connectivity index (χ4v) is 5.47. The zero-order valence-corrected chi connectivity index (χ0v) is 20.9. The van der Waals surface area contributed by atoms with E-state index in [1.54, 1.807) is 28.8 Å². The van der Waals surface area contributed by atoms with Gasteiger partial charge in [-0.3, -0.25) is 9.59 Å². The fraction of sp³-hybridized carbons (Fsp3) is 0.231. The summed E-state index contributed by atoms with van der Waals surface area (Å²) in [6.07, 6.45) is 0. The van der Waals surface area contributed by atoms with Crippen molar-refractivity contribution in [1.29, 1.82) is 0 Å². The summed E-state index contributed by atoms with van der Waals surface area (Å²) in [5.41, 5.74) is 4.40. The van der Waals surface area contributed by atoms with Crippen molar-refractivity contribution in [3.8, 4) is 10.4 Å². The molecule has 0 saturated carbocycles. The Morgan fingerprint density at radius 1 is 1.03 bits per heavy atom. The smallest absolute Gasteiger partial charge is 0.253 e. The van der Waals surface area contributed by atoms with Crippen LogP contribution in [-0.2, 0) is 4.79 Å². The number of nitrogens with zero attached hydrogens (tertiary/aromatic N) is 3. The van der Waals surface area contributed by atoms with Gasteiger partial charge in [0.25, 0.3) is 5.91 Å². The summed E-state index contributed by atoms with van der Waals surface area (Å²) >= 11 is 2.97. The van der Waals surface area contributed by atoms with Gasteiger partial charge in [-0.05, 0) is 42.3 Å². The van der Waals surface area contributed by atoms with Crippen LogP contribution in [0.3, 0.4) is 0 Å². The van der Waals surface area contributed by atoms with E-state index >= 15 is 0 Å². The second-order valence-corrected chi connectivity index (χ2v) is 9.96. The molecule has 2 heterocycles. The van der Waals surface area contributed by atoms with Gasteiger partial charge in [0.05, 0.1) is 0 Å². The van der Waals surface area contributed by atoms with E-state index < -0.39 is 0 Å². The Hall–Kier alpha value is -3.36. The molecule has 2 atom stereocenters. The molecule has 0 aliphatic carbocycles. The predicted octanol–water partition coefficient (Wildman–Crippen LogP) is 5.77. The first-order chi connectivity index (χ1) is 16.5. The van der Waals surface area contributed by atoms with Crippen LogP contribution in [-0.4, -0.2) is 40.5 Å². The van der Waals surface area contributed by atoms with Gasteiger partial charge < -0.3 is 10.2 Å². The summed E-state index contributed by atoms with van der Waals surface area (Å²) in [5, 5.41) is 11.1. The zero-order chi connectivity index (χ0) is 24.1. The number of thiophene rings is 1. The Kier molecular flexibility index (Phi) is 7.49. The van der Waals surface area contributed by atoms with Crippen molar-refractivity contribution in [2.24, 2.45) is 5.92 Å². The summed E-state index contributed by atoms with van der Waals surface area (Å²) < 4.78 is 0.